The SMILES string of the molecule is Cc1nccn1CCOc1ccc2c(c1)ncn2-c1ccc2cccc(N3CCC(N)CC3)c2n1. The lowest BCUT2D eigenvalue weighted by molar-refractivity contribution is 0.297. The zero-order valence-electron chi connectivity index (χ0n) is 19.8. The minimum absolute atomic E-state index is 0.297. The Balaban J connectivity index is 1.27. The summed E-state index contributed by atoms with van der Waals surface area (Å²) in [4.78, 5) is 16.4. The smallest absolute Gasteiger partial charge is 0.139 e. The van der Waals surface area contributed by atoms with E-state index in [1.54, 1.807) is 6.20 Å². The van der Waals surface area contributed by atoms with Crippen LogP contribution in [0.4, 0.5) is 5.69 Å². The molecule has 6 rings (SSSR count). The molecule has 2 N–H and O–H groups in total. The third-order valence-corrected chi connectivity index (χ3v) is 6.85. The largest absolute Gasteiger partial charge is 0.492 e. The average Bonchev–Trinajstić information content (AvgIpc) is 3.49. The molecule has 35 heavy (non-hydrogen) atoms. The van der Waals surface area contributed by atoms with Crippen LogP contribution >= 0.6 is 0 Å². The zero-order chi connectivity index (χ0) is 23.8. The first-order valence-corrected chi connectivity index (χ1v) is 12.1. The normalized spacial score (nSPS) is 14.7. The first kappa shape index (κ1) is 21.6. The second-order valence-corrected chi connectivity index (χ2v) is 9.12. The molecule has 0 bridgehead atoms. The van der Waals surface area contributed by atoms with Crippen LogP contribution < -0.4 is 15.4 Å². The molecule has 0 saturated carbocycles. The number of ether oxygens (including phenoxy) is 1. The number of nitrogens with two attached hydrogens (primary N) is 1. The van der Waals surface area contributed by atoms with Gasteiger partial charge < -0.3 is 19.9 Å². The summed E-state index contributed by atoms with van der Waals surface area (Å²) in [6, 6.07) is 16.9. The number of nitrogens with zero attached hydrogens (tertiary/aromatic N) is 6. The Hall–Kier alpha value is -3.91. The number of hydrogen-bond donors (Lipinski definition) is 1. The Kier molecular flexibility index (Phi) is 5.58. The predicted octanol–water partition coefficient (Wildman–Crippen LogP) is 4.09. The van der Waals surface area contributed by atoms with Crippen molar-refractivity contribution in [2.75, 3.05) is 24.6 Å². The van der Waals surface area contributed by atoms with Gasteiger partial charge in [0.25, 0.3) is 0 Å². The number of aromatic nitrogens is 5. The van der Waals surface area contributed by atoms with Gasteiger partial charge in [0.05, 0.1) is 28.8 Å². The van der Waals surface area contributed by atoms with E-state index in [2.05, 4.69) is 49.8 Å². The molecule has 8 nitrogen and oxygen atoms in total. The van der Waals surface area contributed by atoms with Gasteiger partial charge in [0.2, 0.25) is 0 Å². The van der Waals surface area contributed by atoms with Gasteiger partial charge in [0, 0.05) is 43.0 Å². The Labute approximate surface area is 204 Å². The molecule has 0 aliphatic carbocycles. The number of aryl methyl sites for hydroxylation is 1. The highest BCUT2D eigenvalue weighted by Gasteiger charge is 2.19. The minimum Gasteiger partial charge on any atom is -0.492 e. The summed E-state index contributed by atoms with van der Waals surface area (Å²) < 4.78 is 10.1. The van der Waals surface area contributed by atoms with E-state index in [1.165, 1.54) is 5.69 Å². The fraction of sp³-hybridized carbons (Fsp3) is 0.296. The van der Waals surface area contributed by atoms with Crippen molar-refractivity contribution >= 4 is 27.6 Å². The van der Waals surface area contributed by atoms with Crippen molar-refractivity contribution in [3.05, 3.63) is 73.1 Å². The molecule has 4 heterocycles. The van der Waals surface area contributed by atoms with Gasteiger partial charge in [0.15, 0.2) is 0 Å². The minimum atomic E-state index is 0.297. The molecule has 2 aromatic carbocycles. The van der Waals surface area contributed by atoms with Gasteiger partial charge in [-0.3, -0.25) is 4.57 Å². The van der Waals surface area contributed by atoms with Crippen LogP contribution in [0.5, 0.6) is 5.75 Å². The lowest BCUT2D eigenvalue weighted by Crippen LogP contribution is -2.39. The van der Waals surface area contributed by atoms with Crippen LogP contribution in [0.1, 0.15) is 18.7 Å². The lowest BCUT2D eigenvalue weighted by Gasteiger charge is -2.32. The first-order valence-electron chi connectivity index (χ1n) is 12.1. The van der Waals surface area contributed by atoms with E-state index in [9.17, 15) is 0 Å². The number of para-hydroxylation sites is 1. The Morgan fingerprint density at radius 1 is 1.06 bits per heavy atom. The standard InChI is InChI=1S/C27H29N7O/c1-19-29-11-14-32(19)15-16-35-22-6-7-24-23(17-22)30-18-34(24)26-8-5-20-3-2-4-25(27(20)31-26)33-12-9-21(28)10-13-33/h2-8,11,14,17-18,21H,9-10,12-13,15-16,28H2,1H3. The van der Waals surface area contributed by atoms with Gasteiger partial charge in [-0.05, 0) is 50.1 Å². The predicted molar refractivity (Wildman–Crippen MR) is 138 cm³/mol. The molecule has 178 valence electrons. The Morgan fingerprint density at radius 3 is 2.77 bits per heavy atom. The molecule has 0 radical (unpaired) electrons. The number of imidazole rings is 2. The molecular weight excluding hydrogens is 438 g/mol. The molecule has 0 atom stereocenters. The van der Waals surface area contributed by atoms with E-state index in [4.69, 9.17) is 15.5 Å². The second-order valence-electron chi connectivity index (χ2n) is 9.12. The van der Waals surface area contributed by atoms with Crippen molar-refractivity contribution in [1.29, 1.82) is 0 Å². The summed E-state index contributed by atoms with van der Waals surface area (Å²) in [5.74, 6) is 2.64. The van der Waals surface area contributed by atoms with Crippen LogP contribution in [0.3, 0.4) is 0 Å². The van der Waals surface area contributed by atoms with E-state index >= 15 is 0 Å². The molecule has 3 aromatic heterocycles. The summed E-state index contributed by atoms with van der Waals surface area (Å²) in [5.41, 5.74) is 10.2. The summed E-state index contributed by atoms with van der Waals surface area (Å²) in [5, 5.41) is 1.13. The number of piperidine rings is 1. The van der Waals surface area contributed by atoms with Gasteiger partial charge in [-0.2, -0.15) is 0 Å². The van der Waals surface area contributed by atoms with E-state index in [-0.39, 0.29) is 0 Å². The maximum absolute atomic E-state index is 6.13. The monoisotopic (exact) mass is 467 g/mol. The number of rotatable bonds is 6. The first-order chi connectivity index (χ1) is 17.2. The quantitative estimate of drug-likeness (QED) is 0.405. The highest BCUT2D eigenvalue weighted by molar-refractivity contribution is 5.92. The number of anilines is 1. The molecule has 5 aromatic rings. The van der Waals surface area contributed by atoms with Crippen molar-refractivity contribution in [2.24, 2.45) is 5.73 Å². The van der Waals surface area contributed by atoms with Crippen LogP contribution in [0.2, 0.25) is 0 Å². The second kappa shape index (κ2) is 9.03. The Bertz CT molecular complexity index is 1480. The Morgan fingerprint density at radius 2 is 1.94 bits per heavy atom. The van der Waals surface area contributed by atoms with Crippen LogP contribution in [0.15, 0.2) is 67.3 Å². The van der Waals surface area contributed by atoms with Crippen molar-refractivity contribution in [1.82, 2.24) is 24.1 Å². The average molecular weight is 468 g/mol. The van der Waals surface area contributed by atoms with Crippen molar-refractivity contribution in [3.63, 3.8) is 0 Å². The number of hydrogen-bond acceptors (Lipinski definition) is 6. The lowest BCUT2D eigenvalue weighted by atomic mass is 10.0. The van der Waals surface area contributed by atoms with Gasteiger partial charge >= 0.3 is 0 Å². The molecule has 0 amide bonds. The number of pyridine rings is 1. The molecule has 0 unspecified atom stereocenters. The van der Waals surface area contributed by atoms with E-state index in [1.807, 2.05) is 42.2 Å². The van der Waals surface area contributed by atoms with Gasteiger partial charge in [0.1, 0.15) is 30.3 Å². The maximum Gasteiger partial charge on any atom is 0.139 e. The summed E-state index contributed by atoms with van der Waals surface area (Å²) in [6.07, 6.45) is 7.62. The molecule has 1 fully saturated rings. The fourth-order valence-electron chi connectivity index (χ4n) is 4.82. The van der Waals surface area contributed by atoms with Gasteiger partial charge in [-0.25, -0.2) is 15.0 Å². The summed E-state index contributed by atoms with van der Waals surface area (Å²) >= 11 is 0. The van der Waals surface area contributed by atoms with Crippen molar-refractivity contribution < 1.29 is 4.74 Å². The van der Waals surface area contributed by atoms with Crippen LogP contribution in [0.25, 0.3) is 27.8 Å². The van der Waals surface area contributed by atoms with Gasteiger partial charge in [-0.1, -0.05) is 12.1 Å². The highest BCUT2D eigenvalue weighted by atomic mass is 16.5. The molecule has 1 saturated heterocycles. The maximum atomic E-state index is 6.13. The molecular formula is C27H29N7O. The molecule has 0 spiro atoms. The van der Waals surface area contributed by atoms with Crippen LogP contribution in [-0.4, -0.2) is 49.8 Å². The highest BCUT2D eigenvalue weighted by Crippen LogP contribution is 2.29. The molecule has 1 aliphatic rings. The van der Waals surface area contributed by atoms with E-state index < -0.39 is 0 Å². The number of fused-ring (bicyclic) bond motifs is 2. The summed E-state index contributed by atoms with van der Waals surface area (Å²) in [7, 11) is 0. The third-order valence-electron chi connectivity index (χ3n) is 6.85. The summed E-state index contributed by atoms with van der Waals surface area (Å²) in [6.45, 7) is 5.24. The van der Waals surface area contributed by atoms with Crippen LogP contribution in [0, 0.1) is 6.92 Å². The molecule has 1 aliphatic heterocycles. The number of benzene rings is 2. The van der Waals surface area contributed by atoms with Crippen LogP contribution in [-0.2, 0) is 6.54 Å². The zero-order valence-corrected chi connectivity index (χ0v) is 19.8. The topological polar surface area (TPSA) is 87.0 Å². The van der Waals surface area contributed by atoms with Crippen molar-refractivity contribution in [2.45, 2.75) is 32.4 Å². The fourth-order valence-corrected chi connectivity index (χ4v) is 4.82. The van der Waals surface area contributed by atoms with E-state index in [0.29, 0.717) is 12.6 Å². The third kappa shape index (κ3) is 4.21. The molecule has 8 heteroatoms. The van der Waals surface area contributed by atoms with E-state index in [0.717, 1.165) is 71.8 Å². The van der Waals surface area contributed by atoms with Gasteiger partial charge in [-0.15, -0.1) is 0 Å². The van der Waals surface area contributed by atoms with Crippen molar-refractivity contribution in [3.8, 4) is 11.6 Å².